The molecular formula is C9H8N2O3. The highest BCUT2D eigenvalue weighted by Crippen LogP contribution is 2.31. The van der Waals surface area contributed by atoms with Gasteiger partial charge in [0.2, 0.25) is 0 Å². The molecule has 0 bridgehead atoms. The molecule has 5 heteroatoms. The third-order valence-corrected chi connectivity index (χ3v) is 2.04. The van der Waals surface area contributed by atoms with Gasteiger partial charge in [-0.25, -0.2) is 0 Å². The predicted octanol–water partition coefficient (Wildman–Crippen LogP) is 0.678. The van der Waals surface area contributed by atoms with Crippen LogP contribution < -0.4 is 5.73 Å². The van der Waals surface area contributed by atoms with Gasteiger partial charge in [-0.1, -0.05) is 0 Å². The van der Waals surface area contributed by atoms with Crippen LogP contribution in [0.1, 0.15) is 10.4 Å². The average Bonchev–Trinajstić information content (AvgIpc) is 2.48. The molecule has 2 rings (SSSR count). The Morgan fingerprint density at radius 2 is 1.93 bits per heavy atom. The number of carbonyl (C=O) groups excluding carboxylic acids is 1. The molecule has 0 aliphatic carbocycles. The molecule has 5 nitrogen and oxygen atoms in total. The number of H-pyrrole nitrogens is 1. The number of carbonyl (C=O) groups is 1. The van der Waals surface area contributed by atoms with Crippen LogP contribution in [0, 0.1) is 0 Å². The van der Waals surface area contributed by atoms with Gasteiger partial charge < -0.3 is 20.9 Å². The summed E-state index contributed by atoms with van der Waals surface area (Å²) >= 11 is 0. The number of hydrogen-bond acceptors (Lipinski definition) is 3. The van der Waals surface area contributed by atoms with Crippen molar-refractivity contribution in [3.05, 3.63) is 23.9 Å². The van der Waals surface area contributed by atoms with Crippen LogP contribution in [0.25, 0.3) is 10.9 Å². The minimum absolute atomic E-state index is 0.240. The van der Waals surface area contributed by atoms with Crippen molar-refractivity contribution in [1.82, 2.24) is 4.98 Å². The third kappa shape index (κ3) is 1.06. The first-order valence-electron chi connectivity index (χ1n) is 3.92. The van der Waals surface area contributed by atoms with Crippen LogP contribution in [0.4, 0.5) is 0 Å². The number of rotatable bonds is 1. The zero-order chi connectivity index (χ0) is 10.3. The van der Waals surface area contributed by atoms with Crippen molar-refractivity contribution in [2.45, 2.75) is 0 Å². The van der Waals surface area contributed by atoms with E-state index in [9.17, 15) is 15.0 Å². The maximum atomic E-state index is 10.9. The molecule has 0 unspecified atom stereocenters. The summed E-state index contributed by atoms with van der Waals surface area (Å²) in [6, 6.07) is 2.62. The number of primary amides is 1. The van der Waals surface area contributed by atoms with E-state index in [0.29, 0.717) is 10.9 Å². The SMILES string of the molecule is NC(=O)c1c[nH]c2cc(O)c(O)cc12. The van der Waals surface area contributed by atoms with Gasteiger partial charge in [-0.3, -0.25) is 4.79 Å². The minimum atomic E-state index is -0.582. The van der Waals surface area contributed by atoms with Gasteiger partial charge in [-0.2, -0.15) is 0 Å². The maximum absolute atomic E-state index is 10.9. The minimum Gasteiger partial charge on any atom is -0.504 e. The first-order chi connectivity index (χ1) is 6.59. The lowest BCUT2D eigenvalue weighted by Gasteiger charge is -1.98. The molecule has 0 aliphatic rings. The highest BCUT2D eigenvalue weighted by molar-refractivity contribution is 6.06. The van der Waals surface area contributed by atoms with Crippen LogP contribution in [-0.4, -0.2) is 21.1 Å². The Labute approximate surface area is 78.8 Å². The van der Waals surface area contributed by atoms with E-state index in [4.69, 9.17) is 5.73 Å². The summed E-state index contributed by atoms with van der Waals surface area (Å²) in [5.41, 5.74) is 5.95. The van der Waals surface area contributed by atoms with Gasteiger partial charge in [0.05, 0.1) is 11.1 Å². The molecule has 0 saturated carbocycles. The van der Waals surface area contributed by atoms with E-state index in [1.165, 1.54) is 18.3 Å². The number of amides is 1. The van der Waals surface area contributed by atoms with Crippen molar-refractivity contribution < 1.29 is 15.0 Å². The van der Waals surface area contributed by atoms with Crippen LogP contribution in [0.3, 0.4) is 0 Å². The Hall–Kier alpha value is -2.17. The average molecular weight is 192 g/mol. The van der Waals surface area contributed by atoms with E-state index >= 15 is 0 Å². The second kappa shape index (κ2) is 2.66. The second-order valence-electron chi connectivity index (χ2n) is 2.95. The molecular weight excluding hydrogens is 184 g/mol. The normalized spacial score (nSPS) is 10.6. The van der Waals surface area contributed by atoms with Crippen LogP contribution in [0.2, 0.25) is 0 Å². The van der Waals surface area contributed by atoms with Gasteiger partial charge in [0, 0.05) is 17.6 Å². The number of nitrogens with two attached hydrogens (primary N) is 1. The zero-order valence-electron chi connectivity index (χ0n) is 7.11. The van der Waals surface area contributed by atoms with E-state index in [2.05, 4.69) is 4.98 Å². The van der Waals surface area contributed by atoms with Gasteiger partial charge in [0.15, 0.2) is 11.5 Å². The number of phenolic OH excluding ortho intramolecular Hbond substituents is 2. The molecule has 0 aliphatic heterocycles. The highest BCUT2D eigenvalue weighted by Gasteiger charge is 2.11. The number of hydrogen-bond donors (Lipinski definition) is 4. The second-order valence-corrected chi connectivity index (χ2v) is 2.95. The number of aromatic nitrogens is 1. The van der Waals surface area contributed by atoms with Gasteiger partial charge in [0.1, 0.15) is 0 Å². The number of nitrogens with one attached hydrogen (secondary N) is 1. The molecule has 1 aromatic heterocycles. The first-order valence-corrected chi connectivity index (χ1v) is 3.92. The van der Waals surface area contributed by atoms with Crippen LogP contribution in [0.15, 0.2) is 18.3 Å². The summed E-state index contributed by atoms with van der Waals surface area (Å²) in [6.07, 6.45) is 1.44. The smallest absolute Gasteiger partial charge is 0.250 e. The molecule has 0 saturated heterocycles. The summed E-state index contributed by atoms with van der Waals surface area (Å²) in [5, 5.41) is 18.9. The number of fused-ring (bicyclic) bond motifs is 1. The number of phenols is 2. The molecule has 1 amide bonds. The van der Waals surface area contributed by atoms with Gasteiger partial charge in [0.25, 0.3) is 5.91 Å². The molecule has 5 N–H and O–H groups in total. The quantitative estimate of drug-likeness (QED) is 0.500. The number of aromatic hydroxyl groups is 2. The monoisotopic (exact) mass is 192 g/mol. The highest BCUT2D eigenvalue weighted by atomic mass is 16.3. The fourth-order valence-corrected chi connectivity index (χ4v) is 1.35. The number of aromatic amines is 1. The molecule has 1 heterocycles. The Balaban J connectivity index is 2.80. The lowest BCUT2D eigenvalue weighted by molar-refractivity contribution is 0.100. The molecule has 0 spiro atoms. The molecule has 0 atom stereocenters. The molecule has 2 aromatic rings. The summed E-state index contributed by atoms with van der Waals surface area (Å²) in [6.45, 7) is 0. The van der Waals surface area contributed by atoms with Crippen molar-refractivity contribution >= 4 is 16.8 Å². The van der Waals surface area contributed by atoms with Crippen LogP contribution in [-0.2, 0) is 0 Å². The maximum Gasteiger partial charge on any atom is 0.250 e. The van der Waals surface area contributed by atoms with Crippen molar-refractivity contribution in [3.8, 4) is 11.5 Å². The third-order valence-electron chi connectivity index (χ3n) is 2.04. The van der Waals surface area contributed by atoms with E-state index < -0.39 is 5.91 Å². The molecule has 1 aromatic carbocycles. The Bertz CT molecular complexity index is 516. The zero-order valence-corrected chi connectivity index (χ0v) is 7.11. The summed E-state index contributed by atoms with van der Waals surface area (Å²) < 4.78 is 0. The Kier molecular flexibility index (Phi) is 1.60. The number of benzene rings is 1. The lowest BCUT2D eigenvalue weighted by Crippen LogP contribution is -2.09. The van der Waals surface area contributed by atoms with Crippen molar-refractivity contribution in [1.29, 1.82) is 0 Å². The Morgan fingerprint density at radius 3 is 2.57 bits per heavy atom. The van der Waals surface area contributed by atoms with Crippen molar-refractivity contribution in [2.75, 3.05) is 0 Å². The molecule has 72 valence electrons. The molecule has 0 fully saturated rings. The van der Waals surface area contributed by atoms with E-state index in [-0.39, 0.29) is 17.1 Å². The summed E-state index contributed by atoms with van der Waals surface area (Å²) in [5.74, 6) is -1.10. The van der Waals surface area contributed by atoms with Crippen molar-refractivity contribution in [2.24, 2.45) is 5.73 Å². The van der Waals surface area contributed by atoms with Crippen LogP contribution >= 0.6 is 0 Å². The lowest BCUT2D eigenvalue weighted by atomic mass is 10.1. The van der Waals surface area contributed by atoms with E-state index in [0.717, 1.165) is 0 Å². The predicted molar refractivity (Wildman–Crippen MR) is 50.1 cm³/mol. The molecule has 14 heavy (non-hydrogen) atoms. The Morgan fingerprint density at radius 1 is 1.29 bits per heavy atom. The van der Waals surface area contributed by atoms with Gasteiger partial charge >= 0.3 is 0 Å². The van der Waals surface area contributed by atoms with Crippen molar-refractivity contribution in [3.63, 3.8) is 0 Å². The van der Waals surface area contributed by atoms with E-state index in [1.54, 1.807) is 0 Å². The first kappa shape index (κ1) is 8.43. The fourth-order valence-electron chi connectivity index (χ4n) is 1.35. The standard InChI is InChI=1S/C9H8N2O3/c10-9(14)5-3-11-6-2-8(13)7(12)1-4(5)6/h1-3,11-13H,(H2,10,14). The summed E-state index contributed by atoms with van der Waals surface area (Å²) in [7, 11) is 0. The largest absolute Gasteiger partial charge is 0.504 e. The topological polar surface area (TPSA) is 99.3 Å². The van der Waals surface area contributed by atoms with Gasteiger partial charge in [-0.05, 0) is 6.07 Å². The van der Waals surface area contributed by atoms with E-state index in [1.807, 2.05) is 0 Å². The fraction of sp³-hybridized carbons (Fsp3) is 0. The van der Waals surface area contributed by atoms with Gasteiger partial charge in [-0.15, -0.1) is 0 Å². The molecule has 0 radical (unpaired) electrons. The van der Waals surface area contributed by atoms with Crippen LogP contribution in [0.5, 0.6) is 11.5 Å². The summed E-state index contributed by atoms with van der Waals surface area (Å²) in [4.78, 5) is 13.7.